The van der Waals surface area contributed by atoms with E-state index < -0.39 is 23.7 Å². The van der Waals surface area contributed by atoms with Crippen LogP contribution in [0.1, 0.15) is 43.0 Å². The zero-order valence-electron chi connectivity index (χ0n) is 12.8. The summed E-state index contributed by atoms with van der Waals surface area (Å²) in [5, 5.41) is 11.4. The number of halogens is 1. The van der Waals surface area contributed by atoms with Crippen molar-refractivity contribution in [2.75, 3.05) is 11.4 Å². The van der Waals surface area contributed by atoms with Crippen molar-refractivity contribution in [2.45, 2.75) is 38.6 Å². The number of amides is 2. The van der Waals surface area contributed by atoms with Crippen LogP contribution in [0.4, 0.5) is 10.1 Å². The molecule has 1 atom stereocenters. The Balaban J connectivity index is 2.22. The number of nitrogens with zero attached hydrogens (tertiary/aromatic N) is 1. The lowest BCUT2D eigenvalue weighted by Gasteiger charge is -2.18. The summed E-state index contributed by atoms with van der Waals surface area (Å²) in [6.07, 6.45) is 1.97. The number of nitrogens with one attached hydrogen (secondary N) is 1. The largest absolute Gasteiger partial charge is 0.480 e. The van der Waals surface area contributed by atoms with Crippen molar-refractivity contribution in [1.82, 2.24) is 5.32 Å². The molecule has 1 aliphatic rings. The molecule has 1 aromatic rings. The van der Waals surface area contributed by atoms with Gasteiger partial charge in [0.15, 0.2) is 0 Å². The van der Waals surface area contributed by atoms with Crippen molar-refractivity contribution in [1.29, 1.82) is 0 Å². The number of hydrogen-bond acceptors (Lipinski definition) is 3. The van der Waals surface area contributed by atoms with E-state index in [0.29, 0.717) is 25.1 Å². The van der Waals surface area contributed by atoms with Crippen molar-refractivity contribution in [3.63, 3.8) is 0 Å². The topological polar surface area (TPSA) is 86.7 Å². The molecule has 2 amide bonds. The zero-order valence-corrected chi connectivity index (χ0v) is 12.8. The molecule has 1 aromatic carbocycles. The SMILES string of the molecule is CCCC(NC(=O)c1cc(N2CCCC2=O)ccc1F)C(=O)O. The lowest BCUT2D eigenvalue weighted by atomic mass is 10.1. The van der Waals surface area contributed by atoms with Gasteiger partial charge in [-0.1, -0.05) is 13.3 Å². The molecule has 1 fully saturated rings. The van der Waals surface area contributed by atoms with Gasteiger partial charge in [0.05, 0.1) is 5.56 Å². The van der Waals surface area contributed by atoms with Gasteiger partial charge in [0.25, 0.3) is 5.91 Å². The summed E-state index contributed by atoms with van der Waals surface area (Å²) in [5.74, 6) is -2.78. The van der Waals surface area contributed by atoms with Gasteiger partial charge in [-0.3, -0.25) is 9.59 Å². The van der Waals surface area contributed by atoms with Gasteiger partial charge in [-0.15, -0.1) is 0 Å². The fourth-order valence-corrected chi connectivity index (χ4v) is 2.56. The van der Waals surface area contributed by atoms with E-state index in [9.17, 15) is 18.8 Å². The highest BCUT2D eigenvalue weighted by molar-refractivity contribution is 6.00. The molecule has 23 heavy (non-hydrogen) atoms. The van der Waals surface area contributed by atoms with Gasteiger partial charge in [0.1, 0.15) is 11.9 Å². The lowest BCUT2D eigenvalue weighted by Crippen LogP contribution is -2.41. The van der Waals surface area contributed by atoms with E-state index in [0.717, 1.165) is 12.5 Å². The highest BCUT2D eigenvalue weighted by atomic mass is 19.1. The molecule has 0 aliphatic carbocycles. The fraction of sp³-hybridized carbons (Fsp3) is 0.438. The smallest absolute Gasteiger partial charge is 0.326 e. The molecule has 0 saturated carbocycles. The number of aliphatic carboxylic acids is 1. The summed E-state index contributed by atoms with van der Waals surface area (Å²) in [6.45, 7) is 2.32. The molecular formula is C16H19FN2O4. The molecule has 1 unspecified atom stereocenters. The third kappa shape index (κ3) is 3.85. The number of anilines is 1. The summed E-state index contributed by atoms with van der Waals surface area (Å²) in [7, 11) is 0. The predicted octanol–water partition coefficient (Wildman–Crippen LogP) is 1.94. The molecule has 124 valence electrons. The van der Waals surface area contributed by atoms with E-state index in [1.165, 1.54) is 17.0 Å². The number of carbonyl (C=O) groups excluding carboxylic acids is 2. The molecule has 1 aliphatic heterocycles. The number of benzene rings is 1. The van der Waals surface area contributed by atoms with Crippen LogP contribution in [-0.2, 0) is 9.59 Å². The standard InChI is InChI=1S/C16H19FN2O4/c1-2-4-13(16(22)23)18-15(21)11-9-10(6-7-12(11)17)19-8-3-5-14(19)20/h6-7,9,13H,2-5,8H2,1H3,(H,18,21)(H,22,23). The van der Waals surface area contributed by atoms with Gasteiger partial charge in [-0.05, 0) is 31.0 Å². The lowest BCUT2D eigenvalue weighted by molar-refractivity contribution is -0.139. The Hall–Kier alpha value is -2.44. The van der Waals surface area contributed by atoms with E-state index in [-0.39, 0.29) is 17.9 Å². The highest BCUT2D eigenvalue weighted by Crippen LogP contribution is 2.24. The van der Waals surface area contributed by atoms with Crippen LogP contribution in [0, 0.1) is 5.82 Å². The van der Waals surface area contributed by atoms with Gasteiger partial charge in [0.2, 0.25) is 5.91 Å². The second-order valence-corrected chi connectivity index (χ2v) is 5.47. The number of carbonyl (C=O) groups is 3. The summed E-state index contributed by atoms with van der Waals surface area (Å²) >= 11 is 0. The molecule has 2 rings (SSSR count). The second-order valence-electron chi connectivity index (χ2n) is 5.47. The van der Waals surface area contributed by atoms with E-state index in [2.05, 4.69) is 5.32 Å². The maximum Gasteiger partial charge on any atom is 0.326 e. The van der Waals surface area contributed by atoms with Crippen molar-refractivity contribution in [3.05, 3.63) is 29.6 Å². The first-order chi connectivity index (χ1) is 10.9. The molecule has 1 saturated heterocycles. The first kappa shape index (κ1) is 16.9. The van der Waals surface area contributed by atoms with Gasteiger partial charge in [-0.2, -0.15) is 0 Å². The van der Waals surface area contributed by atoms with Crippen molar-refractivity contribution >= 4 is 23.5 Å². The minimum absolute atomic E-state index is 0.0719. The zero-order chi connectivity index (χ0) is 17.0. The normalized spacial score (nSPS) is 15.6. The Morgan fingerprint density at radius 2 is 2.17 bits per heavy atom. The number of carboxylic acid groups (broad SMARTS) is 1. The average Bonchev–Trinajstić information content (AvgIpc) is 2.93. The van der Waals surface area contributed by atoms with Crippen LogP contribution in [0.15, 0.2) is 18.2 Å². The Labute approximate surface area is 133 Å². The Bertz CT molecular complexity index is 633. The predicted molar refractivity (Wildman–Crippen MR) is 81.8 cm³/mol. The second kappa shape index (κ2) is 7.21. The maximum atomic E-state index is 13.9. The minimum atomic E-state index is -1.16. The molecule has 0 radical (unpaired) electrons. The number of carboxylic acids is 1. The molecule has 6 nitrogen and oxygen atoms in total. The van der Waals surface area contributed by atoms with Crippen LogP contribution in [0.3, 0.4) is 0 Å². The summed E-state index contributed by atoms with van der Waals surface area (Å²) in [4.78, 5) is 36.5. The Morgan fingerprint density at radius 3 is 2.74 bits per heavy atom. The van der Waals surface area contributed by atoms with Crippen LogP contribution in [0.5, 0.6) is 0 Å². The van der Waals surface area contributed by atoms with E-state index in [1.54, 1.807) is 6.92 Å². The van der Waals surface area contributed by atoms with Crippen molar-refractivity contribution < 1.29 is 23.9 Å². The molecule has 2 N–H and O–H groups in total. The minimum Gasteiger partial charge on any atom is -0.480 e. The average molecular weight is 322 g/mol. The highest BCUT2D eigenvalue weighted by Gasteiger charge is 2.25. The summed E-state index contributed by atoms with van der Waals surface area (Å²) < 4.78 is 13.9. The molecule has 1 heterocycles. The molecule has 0 spiro atoms. The number of rotatable bonds is 6. The van der Waals surface area contributed by atoms with Crippen molar-refractivity contribution in [2.24, 2.45) is 0 Å². The molecule has 0 bridgehead atoms. The van der Waals surface area contributed by atoms with Crippen LogP contribution in [-0.4, -0.2) is 35.5 Å². The molecule has 7 heteroatoms. The van der Waals surface area contributed by atoms with Crippen LogP contribution >= 0.6 is 0 Å². The third-order valence-corrected chi connectivity index (χ3v) is 3.76. The van der Waals surface area contributed by atoms with Gasteiger partial charge in [0, 0.05) is 18.7 Å². The van der Waals surface area contributed by atoms with Crippen LogP contribution in [0.2, 0.25) is 0 Å². The maximum absolute atomic E-state index is 13.9. The van der Waals surface area contributed by atoms with E-state index in [4.69, 9.17) is 5.11 Å². The summed E-state index contributed by atoms with van der Waals surface area (Å²) in [5.41, 5.74) is 0.186. The third-order valence-electron chi connectivity index (χ3n) is 3.76. The van der Waals surface area contributed by atoms with E-state index in [1.807, 2.05) is 0 Å². The molecule has 0 aromatic heterocycles. The van der Waals surface area contributed by atoms with Gasteiger partial charge < -0.3 is 15.3 Å². The monoisotopic (exact) mass is 322 g/mol. The Morgan fingerprint density at radius 1 is 1.43 bits per heavy atom. The van der Waals surface area contributed by atoms with E-state index >= 15 is 0 Å². The van der Waals surface area contributed by atoms with Crippen LogP contribution in [0.25, 0.3) is 0 Å². The molecular weight excluding hydrogens is 303 g/mol. The first-order valence-electron chi connectivity index (χ1n) is 7.57. The van der Waals surface area contributed by atoms with Crippen LogP contribution < -0.4 is 10.2 Å². The van der Waals surface area contributed by atoms with Gasteiger partial charge in [-0.25, -0.2) is 9.18 Å². The quantitative estimate of drug-likeness (QED) is 0.838. The first-order valence-corrected chi connectivity index (χ1v) is 7.57. The van der Waals surface area contributed by atoms with Crippen molar-refractivity contribution in [3.8, 4) is 0 Å². The number of hydrogen-bond donors (Lipinski definition) is 2. The van der Waals surface area contributed by atoms with Gasteiger partial charge >= 0.3 is 5.97 Å². The summed E-state index contributed by atoms with van der Waals surface area (Å²) in [6, 6.07) is 2.78. The Kier molecular flexibility index (Phi) is 5.31. The fourth-order valence-electron chi connectivity index (χ4n) is 2.56.